The Kier molecular flexibility index (Phi) is 6.16. The molecular formula is C23H22FN5O2. The molecule has 0 spiro atoms. The second-order valence-electron chi connectivity index (χ2n) is 7.28. The Bertz CT molecular complexity index is 1090. The number of carbonyl (C=O) groups is 2. The molecule has 1 aliphatic rings. The van der Waals surface area contributed by atoms with Crippen molar-refractivity contribution in [1.29, 1.82) is 0 Å². The van der Waals surface area contributed by atoms with Crippen LogP contribution in [-0.2, 0) is 29.2 Å². The van der Waals surface area contributed by atoms with Gasteiger partial charge in [0.1, 0.15) is 11.5 Å². The van der Waals surface area contributed by atoms with Crippen LogP contribution in [0.15, 0.2) is 72.1 Å². The number of aromatic nitrogens is 2. The van der Waals surface area contributed by atoms with Crippen molar-refractivity contribution >= 4 is 17.5 Å². The van der Waals surface area contributed by atoms with Gasteiger partial charge in [-0.2, -0.15) is 10.2 Å². The third-order valence-corrected chi connectivity index (χ3v) is 5.06. The number of carbonyl (C=O) groups excluding carboxylic acids is 2. The largest absolute Gasteiger partial charge is 0.347 e. The lowest BCUT2D eigenvalue weighted by Gasteiger charge is -2.23. The maximum absolute atomic E-state index is 13.1. The molecule has 2 heterocycles. The number of nitrogens with zero attached hydrogens (tertiary/aromatic N) is 4. The smallest absolute Gasteiger partial charge is 0.267 e. The van der Waals surface area contributed by atoms with Crippen molar-refractivity contribution in [3.63, 3.8) is 0 Å². The molecule has 158 valence electrons. The first-order valence-corrected chi connectivity index (χ1v) is 10.0. The van der Waals surface area contributed by atoms with Crippen LogP contribution >= 0.6 is 0 Å². The Balaban J connectivity index is 1.41. The molecule has 0 atom stereocenters. The molecule has 0 fully saturated rings. The highest BCUT2D eigenvalue weighted by Crippen LogP contribution is 2.15. The fourth-order valence-electron chi connectivity index (χ4n) is 3.38. The molecule has 8 heteroatoms. The van der Waals surface area contributed by atoms with Gasteiger partial charge in [0, 0.05) is 31.8 Å². The Morgan fingerprint density at radius 3 is 2.52 bits per heavy atom. The van der Waals surface area contributed by atoms with Crippen molar-refractivity contribution < 1.29 is 14.0 Å². The Hall–Kier alpha value is -3.81. The summed E-state index contributed by atoms with van der Waals surface area (Å²) in [7, 11) is 0. The van der Waals surface area contributed by atoms with E-state index < -0.39 is 0 Å². The summed E-state index contributed by atoms with van der Waals surface area (Å²) in [6.45, 7) is 1.16. The van der Waals surface area contributed by atoms with Gasteiger partial charge in [-0.3, -0.25) is 14.3 Å². The summed E-state index contributed by atoms with van der Waals surface area (Å²) >= 11 is 0. The Morgan fingerprint density at radius 2 is 1.77 bits per heavy atom. The third kappa shape index (κ3) is 5.22. The Labute approximate surface area is 179 Å². The fraction of sp³-hybridized carbons (Fsp3) is 0.217. The molecule has 4 rings (SSSR count). The zero-order chi connectivity index (χ0) is 21.6. The van der Waals surface area contributed by atoms with E-state index >= 15 is 0 Å². The number of rotatable bonds is 7. The van der Waals surface area contributed by atoms with Gasteiger partial charge in [-0.15, -0.1) is 0 Å². The fourth-order valence-corrected chi connectivity index (χ4v) is 3.38. The summed E-state index contributed by atoms with van der Waals surface area (Å²) in [6, 6.07) is 15.6. The molecule has 2 aromatic carbocycles. The van der Waals surface area contributed by atoms with E-state index in [9.17, 15) is 14.0 Å². The van der Waals surface area contributed by atoms with Crippen LogP contribution in [0, 0.1) is 5.82 Å². The van der Waals surface area contributed by atoms with Gasteiger partial charge in [-0.1, -0.05) is 36.4 Å². The zero-order valence-electron chi connectivity index (χ0n) is 16.9. The molecule has 1 aliphatic heterocycles. The van der Waals surface area contributed by atoms with Crippen LogP contribution in [0.4, 0.5) is 4.39 Å². The van der Waals surface area contributed by atoms with Crippen molar-refractivity contribution in [3.05, 3.63) is 89.5 Å². The van der Waals surface area contributed by atoms with Crippen LogP contribution in [0.25, 0.3) is 0 Å². The second-order valence-corrected chi connectivity index (χ2v) is 7.28. The highest BCUT2D eigenvalue weighted by molar-refractivity contribution is 6.39. The monoisotopic (exact) mass is 419 g/mol. The lowest BCUT2D eigenvalue weighted by Crippen LogP contribution is -2.38. The topological polar surface area (TPSA) is 79.6 Å². The summed E-state index contributed by atoms with van der Waals surface area (Å²) in [4.78, 5) is 24.9. The van der Waals surface area contributed by atoms with Crippen LogP contribution in [0.2, 0.25) is 0 Å². The molecule has 7 nitrogen and oxygen atoms in total. The summed E-state index contributed by atoms with van der Waals surface area (Å²) < 4.78 is 14.9. The average Bonchev–Trinajstić information content (AvgIpc) is 3.29. The molecule has 0 radical (unpaired) electrons. The van der Waals surface area contributed by atoms with Crippen LogP contribution in [0.3, 0.4) is 0 Å². The van der Waals surface area contributed by atoms with E-state index in [4.69, 9.17) is 0 Å². The molecule has 3 aromatic rings. The van der Waals surface area contributed by atoms with E-state index in [2.05, 4.69) is 15.5 Å². The molecule has 0 unspecified atom stereocenters. The first kappa shape index (κ1) is 20.5. The quantitative estimate of drug-likeness (QED) is 0.640. The second kappa shape index (κ2) is 9.34. The van der Waals surface area contributed by atoms with Gasteiger partial charge >= 0.3 is 0 Å². The lowest BCUT2D eigenvalue weighted by atomic mass is 10.1. The molecule has 0 aliphatic carbocycles. The highest BCUT2D eigenvalue weighted by atomic mass is 19.1. The maximum Gasteiger partial charge on any atom is 0.267 e. The van der Waals surface area contributed by atoms with Crippen molar-refractivity contribution in [2.45, 2.75) is 32.5 Å². The van der Waals surface area contributed by atoms with Gasteiger partial charge in [0.05, 0.1) is 13.1 Å². The molecule has 31 heavy (non-hydrogen) atoms. The minimum Gasteiger partial charge on any atom is -0.347 e. The molecule has 0 bridgehead atoms. The number of hydrazone groups is 1. The average molecular weight is 419 g/mol. The highest BCUT2D eigenvalue weighted by Gasteiger charge is 2.24. The van der Waals surface area contributed by atoms with Gasteiger partial charge in [0.15, 0.2) is 0 Å². The van der Waals surface area contributed by atoms with Gasteiger partial charge in [0.25, 0.3) is 5.91 Å². The van der Waals surface area contributed by atoms with Gasteiger partial charge < -0.3 is 5.32 Å². The number of amides is 2. The molecule has 2 amide bonds. The molecule has 1 aromatic heterocycles. The predicted octanol–water partition coefficient (Wildman–Crippen LogP) is 2.87. The standard InChI is InChI=1S/C23H22FN5O2/c24-20-8-6-17(7-9-20)15-29-22(30)11-10-21(27-29)23(31)25-14-18-4-1-2-5-19(18)16-28-13-3-12-26-28/h1-9,12-13H,10-11,14-16H2,(H,25,31). The van der Waals surface area contributed by atoms with Crippen LogP contribution in [0.5, 0.6) is 0 Å². The van der Waals surface area contributed by atoms with Crippen LogP contribution in [-0.4, -0.2) is 32.3 Å². The van der Waals surface area contributed by atoms with Crippen molar-refractivity contribution in [2.75, 3.05) is 0 Å². The van der Waals surface area contributed by atoms with E-state index in [1.807, 2.05) is 41.2 Å². The first-order valence-electron chi connectivity index (χ1n) is 10.0. The number of nitrogens with one attached hydrogen (secondary N) is 1. The third-order valence-electron chi connectivity index (χ3n) is 5.06. The van der Waals surface area contributed by atoms with Crippen LogP contribution < -0.4 is 5.32 Å². The van der Waals surface area contributed by atoms with Gasteiger partial charge in [-0.05, 0) is 34.9 Å². The van der Waals surface area contributed by atoms with E-state index in [1.165, 1.54) is 17.1 Å². The lowest BCUT2D eigenvalue weighted by molar-refractivity contribution is -0.132. The molecule has 1 N–H and O–H groups in total. The summed E-state index contributed by atoms with van der Waals surface area (Å²) in [5.74, 6) is -0.805. The minimum absolute atomic E-state index is 0.162. The number of benzene rings is 2. The van der Waals surface area contributed by atoms with E-state index in [-0.39, 0.29) is 30.6 Å². The van der Waals surface area contributed by atoms with Crippen LogP contribution in [0.1, 0.15) is 29.5 Å². The summed E-state index contributed by atoms with van der Waals surface area (Å²) in [5, 5.41) is 12.7. The van der Waals surface area contributed by atoms with Crippen molar-refractivity contribution in [1.82, 2.24) is 20.1 Å². The normalized spacial score (nSPS) is 13.8. The minimum atomic E-state index is -0.342. The number of halogens is 1. The summed E-state index contributed by atoms with van der Waals surface area (Å²) in [6.07, 6.45) is 4.12. The molecule has 0 saturated carbocycles. The summed E-state index contributed by atoms with van der Waals surface area (Å²) in [5.41, 5.74) is 3.10. The molecule has 0 saturated heterocycles. The van der Waals surface area contributed by atoms with Crippen molar-refractivity contribution in [3.8, 4) is 0 Å². The van der Waals surface area contributed by atoms with E-state index in [0.29, 0.717) is 25.2 Å². The van der Waals surface area contributed by atoms with E-state index in [0.717, 1.165) is 16.7 Å². The van der Waals surface area contributed by atoms with Crippen molar-refractivity contribution in [2.24, 2.45) is 5.10 Å². The van der Waals surface area contributed by atoms with E-state index in [1.54, 1.807) is 18.3 Å². The number of hydrogen-bond acceptors (Lipinski definition) is 4. The Morgan fingerprint density at radius 1 is 1.00 bits per heavy atom. The maximum atomic E-state index is 13.1. The SMILES string of the molecule is O=C(NCc1ccccc1Cn1cccn1)C1=NN(Cc2ccc(F)cc2)C(=O)CC1. The zero-order valence-corrected chi connectivity index (χ0v) is 16.9. The number of hydrogen-bond donors (Lipinski definition) is 1. The van der Waals surface area contributed by atoms with Gasteiger partial charge in [-0.25, -0.2) is 9.40 Å². The molecular weight excluding hydrogens is 397 g/mol. The first-order chi connectivity index (χ1) is 15.1. The van der Waals surface area contributed by atoms with Gasteiger partial charge in [0.2, 0.25) is 5.91 Å². The predicted molar refractivity (Wildman–Crippen MR) is 113 cm³/mol.